The van der Waals surface area contributed by atoms with E-state index in [1.165, 1.54) is 5.56 Å². The van der Waals surface area contributed by atoms with Gasteiger partial charge in [-0.1, -0.05) is 23.7 Å². The van der Waals surface area contributed by atoms with Gasteiger partial charge >= 0.3 is 0 Å². The highest BCUT2D eigenvalue weighted by Gasteiger charge is 2.42. The number of halogens is 1. The van der Waals surface area contributed by atoms with E-state index in [1.807, 2.05) is 25.1 Å². The smallest absolute Gasteiger partial charge is 0.292 e. The van der Waals surface area contributed by atoms with Gasteiger partial charge in [0.2, 0.25) is 0 Å². The Morgan fingerprint density at radius 1 is 1.17 bits per heavy atom. The molecule has 3 heterocycles. The molecule has 1 saturated heterocycles. The minimum absolute atomic E-state index is 0.514. The second-order valence-electron chi connectivity index (χ2n) is 6.76. The molecule has 1 fully saturated rings. The molecule has 126 valence electrons. The van der Waals surface area contributed by atoms with Crippen molar-refractivity contribution >= 4 is 11.6 Å². The molecule has 0 N–H and O–H groups in total. The average molecular weight is 345 g/mol. The lowest BCUT2D eigenvalue weighted by molar-refractivity contribution is -0.0722. The molecule has 2 aliphatic heterocycles. The van der Waals surface area contributed by atoms with Gasteiger partial charge in [-0.25, -0.2) is 0 Å². The minimum atomic E-state index is -0.908. The number of hydrogen-bond acceptors (Lipinski definition) is 4. The number of rotatable bonds is 2. The predicted octanol–water partition coefficient (Wildman–Crippen LogP) is 4.19. The molecule has 0 amide bonds. The summed E-state index contributed by atoms with van der Waals surface area (Å²) >= 11 is 5.94. The number of nitrogens with zero attached hydrogens (tertiary/aromatic N) is 2. The van der Waals surface area contributed by atoms with Crippen molar-refractivity contribution in [2.24, 2.45) is 0 Å². The van der Waals surface area contributed by atoms with Crippen molar-refractivity contribution in [1.29, 1.82) is 0 Å². The Morgan fingerprint density at radius 2 is 1.96 bits per heavy atom. The van der Waals surface area contributed by atoms with Crippen LogP contribution in [0.1, 0.15) is 36.9 Å². The van der Waals surface area contributed by atoms with Gasteiger partial charge in [0.25, 0.3) is 5.79 Å². The molecule has 0 bridgehead atoms. The summed E-state index contributed by atoms with van der Waals surface area (Å²) in [6.45, 7) is 4.14. The van der Waals surface area contributed by atoms with Crippen molar-refractivity contribution in [1.82, 2.24) is 9.88 Å². The van der Waals surface area contributed by atoms with E-state index in [-0.39, 0.29) is 0 Å². The molecular formula is C19H21ClN2O2. The van der Waals surface area contributed by atoms with Crippen LogP contribution in [-0.4, -0.2) is 30.0 Å². The lowest BCUT2D eigenvalue weighted by Gasteiger charge is -2.30. The summed E-state index contributed by atoms with van der Waals surface area (Å²) < 4.78 is 12.4. The van der Waals surface area contributed by atoms with Crippen LogP contribution in [-0.2, 0) is 5.79 Å². The first-order valence-electron chi connectivity index (χ1n) is 8.37. The number of benzene rings is 1. The number of fused-ring (bicyclic) bond motifs is 1. The Balaban J connectivity index is 1.64. The third-order valence-electron chi connectivity index (χ3n) is 4.96. The molecule has 4 nitrogen and oxygen atoms in total. The van der Waals surface area contributed by atoms with Crippen LogP contribution in [0, 0.1) is 0 Å². The Hall–Kier alpha value is -1.78. The second kappa shape index (κ2) is 5.94. The molecule has 2 aliphatic rings. The van der Waals surface area contributed by atoms with Crippen LogP contribution in [0.2, 0.25) is 5.02 Å². The summed E-state index contributed by atoms with van der Waals surface area (Å²) in [4.78, 5) is 6.75. The van der Waals surface area contributed by atoms with E-state index >= 15 is 0 Å². The zero-order valence-corrected chi connectivity index (χ0v) is 14.7. The minimum Gasteiger partial charge on any atom is -0.443 e. The maximum atomic E-state index is 6.29. The number of aromatic nitrogens is 1. The van der Waals surface area contributed by atoms with Gasteiger partial charge in [0.1, 0.15) is 5.69 Å². The summed E-state index contributed by atoms with van der Waals surface area (Å²) in [7, 11) is 2.18. The van der Waals surface area contributed by atoms with Crippen LogP contribution in [0.3, 0.4) is 0 Å². The van der Waals surface area contributed by atoms with Crippen molar-refractivity contribution in [2.75, 3.05) is 20.1 Å². The number of hydrogen-bond donors (Lipinski definition) is 0. The van der Waals surface area contributed by atoms with Crippen LogP contribution < -0.4 is 9.47 Å². The Morgan fingerprint density at radius 3 is 2.67 bits per heavy atom. The van der Waals surface area contributed by atoms with Crippen LogP contribution in [0.15, 0.2) is 36.5 Å². The van der Waals surface area contributed by atoms with Crippen molar-refractivity contribution in [3.63, 3.8) is 0 Å². The van der Waals surface area contributed by atoms with Crippen LogP contribution >= 0.6 is 11.6 Å². The van der Waals surface area contributed by atoms with Gasteiger partial charge in [-0.05, 0) is 57.1 Å². The van der Waals surface area contributed by atoms with Gasteiger partial charge in [-0.3, -0.25) is 4.98 Å². The molecule has 2 aromatic rings. The van der Waals surface area contributed by atoms with Gasteiger partial charge in [0, 0.05) is 18.7 Å². The maximum absolute atomic E-state index is 6.29. The van der Waals surface area contributed by atoms with Gasteiger partial charge < -0.3 is 14.4 Å². The lowest BCUT2D eigenvalue weighted by atomic mass is 9.89. The van der Waals surface area contributed by atoms with Crippen LogP contribution in [0.25, 0.3) is 0 Å². The SMILES string of the molecule is CN1CCC(c2cccc3c2O[C@](C)(c2ccc(Cl)cn2)O3)CC1. The van der Waals surface area contributed by atoms with Gasteiger partial charge in [-0.2, -0.15) is 0 Å². The third kappa shape index (κ3) is 2.74. The number of piperidine rings is 1. The van der Waals surface area contributed by atoms with Gasteiger partial charge in [0.05, 0.1) is 5.02 Å². The number of pyridine rings is 1. The molecule has 1 aromatic heterocycles. The lowest BCUT2D eigenvalue weighted by Crippen LogP contribution is -2.33. The molecule has 5 heteroatoms. The highest BCUT2D eigenvalue weighted by atomic mass is 35.5. The molecule has 0 radical (unpaired) electrons. The van der Waals surface area contributed by atoms with Crippen molar-refractivity contribution in [2.45, 2.75) is 31.5 Å². The van der Waals surface area contributed by atoms with E-state index in [0.29, 0.717) is 10.9 Å². The molecule has 24 heavy (non-hydrogen) atoms. The highest BCUT2D eigenvalue weighted by Crippen LogP contribution is 2.48. The van der Waals surface area contributed by atoms with Crippen LogP contribution in [0.5, 0.6) is 11.5 Å². The molecule has 4 rings (SSSR count). The van der Waals surface area contributed by atoms with E-state index in [0.717, 1.165) is 43.1 Å². The molecule has 0 unspecified atom stereocenters. The zero-order valence-electron chi connectivity index (χ0n) is 14.0. The molecule has 1 aromatic carbocycles. The fourth-order valence-electron chi connectivity index (χ4n) is 3.54. The number of ether oxygens (including phenoxy) is 2. The quantitative estimate of drug-likeness (QED) is 0.818. The van der Waals surface area contributed by atoms with Crippen molar-refractivity contribution < 1.29 is 9.47 Å². The fraction of sp³-hybridized carbons (Fsp3) is 0.421. The summed E-state index contributed by atoms with van der Waals surface area (Å²) in [6, 6.07) is 9.84. The summed E-state index contributed by atoms with van der Waals surface area (Å²) in [5.74, 6) is 1.27. The number of para-hydroxylation sites is 1. The van der Waals surface area contributed by atoms with E-state index in [9.17, 15) is 0 Å². The molecule has 0 spiro atoms. The van der Waals surface area contributed by atoms with Crippen molar-refractivity contribution in [3.8, 4) is 11.5 Å². The first-order valence-corrected chi connectivity index (χ1v) is 8.74. The Kier molecular flexibility index (Phi) is 3.89. The molecule has 1 atom stereocenters. The molecule has 0 saturated carbocycles. The van der Waals surface area contributed by atoms with E-state index in [1.54, 1.807) is 6.20 Å². The summed E-state index contributed by atoms with van der Waals surface area (Å²) in [6.07, 6.45) is 3.91. The second-order valence-corrected chi connectivity index (χ2v) is 7.20. The van der Waals surface area contributed by atoms with Crippen molar-refractivity contribution in [3.05, 3.63) is 52.8 Å². The van der Waals surface area contributed by atoms with Gasteiger partial charge in [-0.15, -0.1) is 0 Å². The average Bonchev–Trinajstić information content (AvgIpc) is 2.93. The standard InChI is InChI=1S/C19H21ClN2O2/c1-19(17-7-6-14(20)12-21-17)23-16-5-3-4-15(18(16)24-19)13-8-10-22(2)11-9-13/h3-7,12-13H,8-11H2,1-2H3/t19-/m1/s1. The monoisotopic (exact) mass is 344 g/mol. The Labute approximate surface area is 147 Å². The zero-order chi connectivity index (χ0) is 16.7. The Bertz CT molecular complexity index is 742. The number of likely N-dealkylation sites (tertiary alicyclic amines) is 1. The molecular weight excluding hydrogens is 324 g/mol. The topological polar surface area (TPSA) is 34.6 Å². The van der Waals surface area contributed by atoms with Crippen LogP contribution in [0.4, 0.5) is 0 Å². The largest absolute Gasteiger partial charge is 0.443 e. The summed E-state index contributed by atoms with van der Waals surface area (Å²) in [5.41, 5.74) is 1.97. The first kappa shape index (κ1) is 15.7. The first-order chi connectivity index (χ1) is 11.5. The van der Waals surface area contributed by atoms with E-state index < -0.39 is 5.79 Å². The fourth-order valence-corrected chi connectivity index (χ4v) is 3.65. The summed E-state index contributed by atoms with van der Waals surface area (Å²) in [5, 5.41) is 0.602. The normalized spacial score (nSPS) is 24.3. The predicted molar refractivity (Wildman–Crippen MR) is 93.8 cm³/mol. The third-order valence-corrected chi connectivity index (χ3v) is 5.19. The van der Waals surface area contributed by atoms with E-state index in [2.05, 4.69) is 29.1 Å². The molecule has 0 aliphatic carbocycles. The maximum Gasteiger partial charge on any atom is 0.292 e. The highest BCUT2D eigenvalue weighted by molar-refractivity contribution is 6.30. The van der Waals surface area contributed by atoms with Gasteiger partial charge in [0.15, 0.2) is 11.5 Å². The van der Waals surface area contributed by atoms with E-state index in [4.69, 9.17) is 21.1 Å².